The Labute approximate surface area is 245 Å². The van der Waals surface area contributed by atoms with Gasteiger partial charge in [-0.2, -0.15) is 0 Å². The van der Waals surface area contributed by atoms with E-state index in [0.29, 0.717) is 0 Å². The second-order valence-electron chi connectivity index (χ2n) is 9.61. The van der Waals surface area contributed by atoms with Crippen molar-refractivity contribution in [3.63, 3.8) is 0 Å². The molecular formula is C26H25F6N9O3. The zero-order chi connectivity index (χ0) is 31.9. The van der Waals surface area contributed by atoms with Crippen molar-refractivity contribution in [1.29, 1.82) is 0 Å². The highest BCUT2D eigenvalue weighted by Gasteiger charge is 2.31. The summed E-state index contributed by atoms with van der Waals surface area (Å²) in [6, 6.07) is 7.32. The average molecular weight is 626 g/mol. The van der Waals surface area contributed by atoms with Crippen LogP contribution in [0.1, 0.15) is 40.7 Å². The number of anilines is 1. The minimum atomic E-state index is -4.86. The van der Waals surface area contributed by atoms with Gasteiger partial charge < -0.3 is 15.4 Å². The number of alkyl halides is 6. The van der Waals surface area contributed by atoms with E-state index in [2.05, 4.69) is 41.0 Å². The predicted octanol–water partition coefficient (Wildman–Crippen LogP) is 3.81. The van der Waals surface area contributed by atoms with E-state index in [4.69, 9.17) is 0 Å². The molecule has 0 fully saturated rings. The monoisotopic (exact) mass is 625 g/mol. The van der Waals surface area contributed by atoms with Gasteiger partial charge in [-0.15, -0.1) is 23.4 Å². The molecule has 44 heavy (non-hydrogen) atoms. The molecule has 1 atom stereocenters. The minimum absolute atomic E-state index is 0.0159. The Kier molecular flexibility index (Phi) is 9.80. The number of aryl methyl sites for hydroxylation is 1. The highest BCUT2D eigenvalue weighted by atomic mass is 19.4. The topological polar surface area (TPSA) is 142 Å². The quantitative estimate of drug-likeness (QED) is 0.214. The number of hydrogen-bond donors (Lipinski definition) is 2. The number of amides is 2. The molecular weight excluding hydrogens is 600 g/mol. The summed E-state index contributed by atoms with van der Waals surface area (Å²) in [6.07, 6.45) is -2.78. The molecule has 0 aliphatic carbocycles. The molecule has 18 heteroatoms. The maximum atomic E-state index is 14.6. The molecule has 2 N–H and O–H groups in total. The van der Waals surface area contributed by atoms with E-state index >= 15 is 0 Å². The van der Waals surface area contributed by atoms with Crippen molar-refractivity contribution in [2.75, 3.05) is 5.32 Å². The van der Waals surface area contributed by atoms with Crippen molar-refractivity contribution < 1.29 is 40.7 Å². The second-order valence-corrected chi connectivity index (χ2v) is 9.61. The van der Waals surface area contributed by atoms with Gasteiger partial charge >= 0.3 is 6.36 Å². The van der Waals surface area contributed by atoms with Gasteiger partial charge in [0.1, 0.15) is 11.9 Å². The number of carbonyl (C=O) groups is 2. The Bertz CT molecular complexity index is 1590. The van der Waals surface area contributed by atoms with Crippen molar-refractivity contribution in [2.45, 2.75) is 57.9 Å². The predicted molar refractivity (Wildman–Crippen MR) is 140 cm³/mol. The van der Waals surface area contributed by atoms with Gasteiger partial charge in [0, 0.05) is 31.6 Å². The molecule has 0 saturated carbocycles. The molecule has 12 nitrogen and oxygen atoms in total. The van der Waals surface area contributed by atoms with Gasteiger partial charge in [-0.05, 0) is 29.8 Å². The maximum Gasteiger partial charge on any atom is 0.573 e. The third-order valence-electron chi connectivity index (χ3n) is 5.88. The Morgan fingerprint density at radius 3 is 2.55 bits per heavy atom. The number of rotatable bonds is 13. The first-order valence-corrected chi connectivity index (χ1v) is 12.9. The number of nitrogens with one attached hydrogen (secondary N) is 2. The number of halogens is 6. The van der Waals surface area contributed by atoms with Crippen LogP contribution in [-0.2, 0) is 36.8 Å². The number of carbonyl (C=O) groups excluding carboxylic acids is 2. The summed E-state index contributed by atoms with van der Waals surface area (Å²) in [5.74, 6) is -4.71. The lowest BCUT2D eigenvalue weighted by Gasteiger charge is -2.11. The fourth-order valence-corrected chi connectivity index (χ4v) is 3.86. The van der Waals surface area contributed by atoms with Crippen molar-refractivity contribution in [1.82, 2.24) is 40.3 Å². The average Bonchev–Trinajstić information content (AvgIpc) is 3.59. The molecule has 0 saturated heterocycles. The molecule has 2 amide bonds. The molecule has 3 aromatic heterocycles. The van der Waals surface area contributed by atoms with Gasteiger partial charge in [0.15, 0.2) is 11.5 Å². The van der Waals surface area contributed by atoms with Crippen molar-refractivity contribution in [3.8, 4) is 5.75 Å². The highest BCUT2D eigenvalue weighted by Crippen LogP contribution is 2.26. The van der Waals surface area contributed by atoms with E-state index in [0.717, 1.165) is 23.7 Å². The zero-order valence-electron chi connectivity index (χ0n) is 22.9. The number of benzene rings is 1. The lowest BCUT2D eigenvalue weighted by atomic mass is 10.1. The Balaban J connectivity index is 1.20. The summed E-state index contributed by atoms with van der Waals surface area (Å²) < 4.78 is 85.1. The van der Waals surface area contributed by atoms with E-state index in [-0.39, 0.29) is 60.8 Å². The summed E-state index contributed by atoms with van der Waals surface area (Å²) in [6.45, 7) is 0.480. The fourth-order valence-electron chi connectivity index (χ4n) is 3.86. The lowest BCUT2D eigenvalue weighted by Crippen LogP contribution is -2.24. The van der Waals surface area contributed by atoms with Crippen LogP contribution in [0.3, 0.4) is 0 Å². The van der Waals surface area contributed by atoms with Gasteiger partial charge in [0.25, 0.3) is 11.8 Å². The number of aromatic nitrogens is 7. The Morgan fingerprint density at radius 1 is 1.02 bits per heavy atom. The lowest BCUT2D eigenvalue weighted by molar-refractivity contribution is -0.274. The summed E-state index contributed by atoms with van der Waals surface area (Å²) in [4.78, 5) is 28.6. The van der Waals surface area contributed by atoms with Crippen LogP contribution in [-0.4, -0.2) is 59.3 Å². The maximum absolute atomic E-state index is 14.6. The van der Waals surface area contributed by atoms with Gasteiger partial charge in [-0.1, -0.05) is 22.6 Å². The summed E-state index contributed by atoms with van der Waals surface area (Å²) in [5, 5.41) is 20.0. The third kappa shape index (κ3) is 9.77. The van der Waals surface area contributed by atoms with Gasteiger partial charge in [-0.3, -0.25) is 19.3 Å². The molecule has 234 valence electrons. The molecule has 0 aliphatic heterocycles. The standard InChI is InChI=1S/C26H25F6N9O3/c1-25(28,29)17-5-7-33-19(11-17)12-34-24(43)21-14-40(38-36-21)8-6-18(27)13-41-15-22(37-39-41)35-23(42)10-16-3-2-4-20(9-16)44-26(30,31)32/h2-5,7,9,11,14-15,18H,6,8,10,12-13H2,1H3,(H,34,43)(H,35,42). The van der Waals surface area contributed by atoms with Gasteiger partial charge in [0.2, 0.25) is 5.91 Å². The van der Waals surface area contributed by atoms with Crippen LogP contribution in [0.2, 0.25) is 0 Å². The van der Waals surface area contributed by atoms with Crippen molar-refractivity contribution in [2.24, 2.45) is 0 Å². The highest BCUT2D eigenvalue weighted by molar-refractivity contribution is 5.92. The minimum Gasteiger partial charge on any atom is -0.406 e. The fraction of sp³-hybridized carbons (Fsp3) is 0.346. The summed E-state index contributed by atoms with van der Waals surface area (Å²) in [5.41, 5.74) is 0.193. The van der Waals surface area contributed by atoms with E-state index in [1.165, 1.54) is 47.5 Å². The number of nitrogens with zero attached hydrogens (tertiary/aromatic N) is 7. The number of ether oxygens (including phenoxy) is 1. The second kappa shape index (κ2) is 13.5. The molecule has 0 bridgehead atoms. The van der Waals surface area contributed by atoms with Crippen LogP contribution in [0.15, 0.2) is 55.0 Å². The van der Waals surface area contributed by atoms with E-state index < -0.39 is 36.0 Å². The zero-order valence-corrected chi connectivity index (χ0v) is 22.9. The normalized spacial score (nSPS) is 12.5. The SMILES string of the molecule is CC(F)(F)c1ccnc(CNC(=O)c2cn(CCC(F)Cn3cc(NC(=O)Cc4cccc(OC(F)(F)F)c4)nn3)nn2)c1. The van der Waals surface area contributed by atoms with Crippen LogP contribution in [0.25, 0.3) is 0 Å². The first kappa shape index (κ1) is 31.9. The molecule has 3 heterocycles. The number of pyridine rings is 1. The molecule has 4 rings (SSSR count). The van der Waals surface area contributed by atoms with Crippen molar-refractivity contribution in [3.05, 3.63) is 77.5 Å². The first-order chi connectivity index (χ1) is 20.7. The Morgan fingerprint density at radius 2 is 1.80 bits per heavy atom. The molecule has 4 aromatic rings. The van der Waals surface area contributed by atoms with E-state index in [1.807, 2.05) is 0 Å². The number of hydrogen-bond acceptors (Lipinski definition) is 8. The van der Waals surface area contributed by atoms with Gasteiger partial charge in [0.05, 0.1) is 37.6 Å². The van der Waals surface area contributed by atoms with E-state index in [9.17, 15) is 35.9 Å². The summed E-state index contributed by atoms with van der Waals surface area (Å²) in [7, 11) is 0. The van der Waals surface area contributed by atoms with E-state index in [1.54, 1.807) is 0 Å². The molecule has 1 unspecified atom stereocenters. The molecule has 1 aromatic carbocycles. The molecule has 0 aliphatic rings. The third-order valence-corrected chi connectivity index (χ3v) is 5.88. The largest absolute Gasteiger partial charge is 0.573 e. The molecule has 0 spiro atoms. The van der Waals surface area contributed by atoms with Crippen LogP contribution in [0, 0.1) is 0 Å². The van der Waals surface area contributed by atoms with Crippen LogP contribution < -0.4 is 15.4 Å². The Hall–Kier alpha value is -5.03. The smallest absolute Gasteiger partial charge is 0.406 e. The van der Waals surface area contributed by atoms with Gasteiger partial charge in [-0.25, -0.2) is 17.9 Å². The van der Waals surface area contributed by atoms with Crippen LogP contribution in [0.5, 0.6) is 5.75 Å². The first-order valence-electron chi connectivity index (χ1n) is 12.9. The van der Waals surface area contributed by atoms with Crippen LogP contribution in [0.4, 0.5) is 32.2 Å². The molecule has 0 radical (unpaired) electrons. The summed E-state index contributed by atoms with van der Waals surface area (Å²) >= 11 is 0. The van der Waals surface area contributed by atoms with Crippen LogP contribution >= 0.6 is 0 Å². The van der Waals surface area contributed by atoms with Crippen molar-refractivity contribution >= 4 is 17.6 Å².